The van der Waals surface area contributed by atoms with Gasteiger partial charge in [-0.3, -0.25) is 0 Å². The summed E-state index contributed by atoms with van der Waals surface area (Å²) in [5.74, 6) is 0.531. The summed E-state index contributed by atoms with van der Waals surface area (Å²) in [6, 6.07) is 0. The predicted molar refractivity (Wildman–Crippen MR) is 123 cm³/mol. The summed E-state index contributed by atoms with van der Waals surface area (Å²) in [5, 5.41) is 4.58. The van der Waals surface area contributed by atoms with Crippen molar-refractivity contribution in [2.24, 2.45) is 7.05 Å². The first kappa shape index (κ1) is 26.5. The molecule has 0 aliphatic carbocycles. The topological polar surface area (TPSA) is 84.3 Å². The molecule has 0 N–H and O–H groups in total. The van der Waals surface area contributed by atoms with Crippen LogP contribution in [0.2, 0.25) is 0 Å². The molecule has 1 aliphatic rings. The van der Waals surface area contributed by atoms with Crippen molar-refractivity contribution in [3.63, 3.8) is 0 Å². The largest absolute Gasteiger partial charge is 0.502 e. The lowest BCUT2D eigenvalue weighted by Crippen LogP contribution is -2.43. The zero-order valence-corrected chi connectivity index (χ0v) is 21.6. The van der Waals surface area contributed by atoms with Crippen molar-refractivity contribution in [1.82, 2.24) is 14.7 Å². The second-order valence-electron chi connectivity index (χ2n) is 10.3. The van der Waals surface area contributed by atoms with Crippen LogP contribution in [0.4, 0.5) is 4.79 Å². The normalized spacial score (nSPS) is 18.5. The first-order valence-electron chi connectivity index (χ1n) is 11.2. The van der Waals surface area contributed by atoms with E-state index >= 15 is 0 Å². The molecule has 32 heavy (non-hydrogen) atoms. The molecule has 1 aromatic rings. The van der Waals surface area contributed by atoms with Crippen LogP contribution in [-0.2, 0) is 32.4 Å². The first-order valence-corrected chi connectivity index (χ1v) is 11.2. The molecule has 1 atom stereocenters. The average Bonchev–Trinajstić information content (AvgIpc) is 3.03. The minimum absolute atomic E-state index is 0.296. The molecule has 0 saturated carbocycles. The monoisotopic (exact) mass is 453 g/mol. The fourth-order valence-electron chi connectivity index (χ4n) is 3.36. The molecule has 0 aromatic carbocycles. The summed E-state index contributed by atoms with van der Waals surface area (Å²) in [6.45, 7) is 18.5. The third-order valence-electron chi connectivity index (χ3n) is 5.70. The summed E-state index contributed by atoms with van der Waals surface area (Å²) in [4.78, 5) is 14.1. The number of rotatable bonds is 8. The fourth-order valence-corrected chi connectivity index (χ4v) is 3.36. The zero-order valence-electron chi connectivity index (χ0n) is 21.6. The van der Waals surface area contributed by atoms with E-state index in [9.17, 15) is 4.79 Å². The van der Waals surface area contributed by atoms with Gasteiger partial charge in [0.1, 0.15) is 11.7 Å². The third kappa shape index (κ3) is 5.96. The van der Waals surface area contributed by atoms with E-state index < -0.39 is 23.9 Å². The number of aromatic nitrogens is 2. The summed E-state index contributed by atoms with van der Waals surface area (Å²) in [7, 11) is 2.78. The van der Waals surface area contributed by atoms with Crippen LogP contribution in [0, 0.1) is 0 Å². The van der Waals surface area contributed by atoms with Crippen molar-refractivity contribution >= 4 is 18.7 Å². The van der Waals surface area contributed by atoms with Crippen LogP contribution < -0.4 is 10.2 Å². The summed E-state index contributed by atoms with van der Waals surface area (Å²) in [5.41, 5.74) is -0.168. The van der Waals surface area contributed by atoms with Crippen molar-refractivity contribution in [1.29, 1.82) is 0 Å². The van der Waals surface area contributed by atoms with Crippen LogP contribution in [0.25, 0.3) is 0 Å². The molecular formula is C22H40BN3O6. The van der Waals surface area contributed by atoms with Crippen LogP contribution in [0.15, 0.2) is 0 Å². The highest BCUT2D eigenvalue weighted by molar-refractivity contribution is 6.63. The maximum Gasteiger partial charge on any atom is 0.502 e. The molecule has 1 amide bonds. The third-order valence-corrected chi connectivity index (χ3v) is 5.70. The number of carbonyl (C=O) groups is 1. The Bertz CT molecular complexity index is 786. The second kappa shape index (κ2) is 9.61. The smallest absolute Gasteiger partial charge is 0.473 e. The van der Waals surface area contributed by atoms with E-state index in [2.05, 4.69) is 5.10 Å². The van der Waals surface area contributed by atoms with Crippen LogP contribution >= 0.6 is 0 Å². The molecule has 2 heterocycles. The van der Waals surface area contributed by atoms with Gasteiger partial charge in [-0.15, -0.1) is 0 Å². The predicted octanol–water partition coefficient (Wildman–Crippen LogP) is 2.89. The lowest BCUT2D eigenvalue weighted by molar-refractivity contribution is 0.00578. The Kier molecular flexibility index (Phi) is 7.95. The van der Waals surface area contributed by atoms with E-state index in [1.807, 2.05) is 62.3 Å². The molecular weight excluding hydrogens is 413 g/mol. The second-order valence-corrected chi connectivity index (χ2v) is 10.3. The molecule has 9 nitrogen and oxygen atoms in total. The lowest BCUT2D eigenvalue weighted by Gasteiger charge is -2.32. The Hall–Kier alpha value is -1.78. The van der Waals surface area contributed by atoms with E-state index in [-0.39, 0.29) is 12.2 Å². The number of amides is 1. The van der Waals surface area contributed by atoms with Crippen LogP contribution in [0.1, 0.15) is 68.0 Å². The fraction of sp³-hybridized carbons (Fsp3) is 0.818. The summed E-state index contributed by atoms with van der Waals surface area (Å²) in [6.07, 6.45) is -0.693. The Balaban J connectivity index is 2.27. The van der Waals surface area contributed by atoms with E-state index in [0.29, 0.717) is 36.7 Å². The van der Waals surface area contributed by atoms with Gasteiger partial charge >= 0.3 is 13.2 Å². The van der Waals surface area contributed by atoms with Gasteiger partial charge in [-0.05, 0) is 62.3 Å². The number of hydrogen-bond donors (Lipinski definition) is 0. The zero-order chi connectivity index (χ0) is 24.5. The van der Waals surface area contributed by atoms with Crippen molar-refractivity contribution in [2.45, 2.75) is 91.8 Å². The number of carbonyl (C=O) groups excluding carboxylic acids is 1. The first-order chi connectivity index (χ1) is 14.6. The molecule has 1 aromatic heterocycles. The van der Waals surface area contributed by atoms with Gasteiger partial charge in [-0.25, -0.2) is 9.48 Å². The van der Waals surface area contributed by atoms with E-state index in [4.69, 9.17) is 23.5 Å². The molecule has 1 saturated heterocycles. The number of hydrogen-bond acceptors (Lipinski definition) is 7. The Morgan fingerprint density at radius 1 is 1.22 bits per heavy atom. The molecule has 1 fully saturated rings. The lowest BCUT2D eigenvalue weighted by atomic mass is 9.78. The van der Waals surface area contributed by atoms with E-state index in [1.165, 1.54) is 0 Å². The molecule has 10 heteroatoms. The van der Waals surface area contributed by atoms with Gasteiger partial charge in [-0.2, -0.15) is 5.10 Å². The van der Waals surface area contributed by atoms with Gasteiger partial charge < -0.3 is 28.4 Å². The maximum absolute atomic E-state index is 12.5. The van der Waals surface area contributed by atoms with Gasteiger partial charge in [0.2, 0.25) is 5.88 Å². The molecule has 182 valence electrons. The van der Waals surface area contributed by atoms with Gasteiger partial charge in [0.05, 0.1) is 35.5 Å². The average molecular weight is 453 g/mol. The molecule has 0 bridgehead atoms. The van der Waals surface area contributed by atoms with E-state index in [1.54, 1.807) is 23.7 Å². The number of methoxy groups -OCH3 is 1. The Morgan fingerprint density at radius 3 is 2.25 bits per heavy atom. The Morgan fingerprint density at radius 2 is 1.78 bits per heavy atom. The molecule has 1 unspecified atom stereocenters. The number of aryl methyl sites for hydroxylation is 1. The van der Waals surface area contributed by atoms with Gasteiger partial charge in [-0.1, -0.05) is 0 Å². The summed E-state index contributed by atoms with van der Waals surface area (Å²) >= 11 is 0. The molecule has 1 aliphatic heterocycles. The van der Waals surface area contributed by atoms with Crippen LogP contribution in [0.3, 0.4) is 0 Å². The van der Waals surface area contributed by atoms with Crippen molar-refractivity contribution in [3.8, 4) is 5.88 Å². The van der Waals surface area contributed by atoms with Crippen LogP contribution in [0.5, 0.6) is 5.88 Å². The molecule has 0 spiro atoms. The minimum atomic E-state index is -0.644. The number of ether oxygens (including phenoxy) is 3. The van der Waals surface area contributed by atoms with Gasteiger partial charge in [0.25, 0.3) is 0 Å². The molecule has 2 rings (SSSR count). The maximum atomic E-state index is 12.5. The van der Waals surface area contributed by atoms with Gasteiger partial charge in [0, 0.05) is 20.7 Å². The van der Waals surface area contributed by atoms with Crippen molar-refractivity contribution in [2.75, 3.05) is 20.2 Å². The highest BCUT2D eigenvalue weighted by atomic mass is 16.7. The highest BCUT2D eigenvalue weighted by Crippen LogP contribution is 2.37. The minimum Gasteiger partial charge on any atom is -0.473 e. The van der Waals surface area contributed by atoms with E-state index in [0.717, 1.165) is 0 Å². The highest BCUT2D eigenvalue weighted by Gasteiger charge is 2.54. The standard InChI is InChI=1S/C22H40BN3O6/c1-12-26(19(27)30-20(3,4)5)13-15(2)29-18-17(16(14-28-11)24-25(18)10)23-31-21(6,7)22(8,9)32-23/h15H,12-14H2,1-11H3. The molecule has 0 radical (unpaired) electrons. The summed E-state index contributed by atoms with van der Waals surface area (Å²) < 4.78 is 31.4. The quantitative estimate of drug-likeness (QED) is 0.560. The number of likely N-dealkylation sites (N-methyl/N-ethyl adjacent to an activating group) is 1. The van der Waals surface area contributed by atoms with Crippen molar-refractivity contribution < 1.29 is 28.3 Å². The van der Waals surface area contributed by atoms with Crippen molar-refractivity contribution in [3.05, 3.63) is 5.69 Å². The number of nitrogens with zero attached hydrogens (tertiary/aromatic N) is 3. The Labute approximate surface area is 192 Å². The van der Waals surface area contributed by atoms with Gasteiger partial charge in [0.15, 0.2) is 0 Å². The SMILES string of the molecule is CCN(CC(C)Oc1c(B2OC(C)(C)C(C)(C)O2)c(COC)nn1C)C(=O)OC(C)(C)C. The van der Waals surface area contributed by atoms with Crippen LogP contribution in [-0.4, -0.2) is 71.0 Å².